The van der Waals surface area contributed by atoms with Crippen molar-refractivity contribution in [2.24, 2.45) is 5.92 Å². The van der Waals surface area contributed by atoms with E-state index in [0.29, 0.717) is 6.61 Å². The Hall–Kier alpha value is -2.62. The lowest BCUT2D eigenvalue weighted by Crippen LogP contribution is -2.18. The number of halogens is 2. The van der Waals surface area contributed by atoms with Gasteiger partial charge in [0.15, 0.2) is 5.82 Å². The zero-order valence-electron chi connectivity index (χ0n) is 17.8. The molecule has 1 aliphatic rings. The standard InChI is InChI=1S/C23H22ClFN2O4S2/c1-30-17-8-6-15(7-9-17)18-5-3-2-4-16(18)12-31-21-11-20(25)22(10-19(21)24)33(28,29)27-23-13-32-14-26-23/h5-11,13-14,16,27H,2-4,12H2,1H3. The van der Waals surface area contributed by atoms with Gasteiger partial charge in [0.1, 0.15) is 22.2 Å². The largest absolute Gasteiger partial charge is 0.497 e. The molecule has 0 spiro atoms. The van der Waals surface area contributed by atoms with Crippen molar-refractivity contribution in [1.82, 2.24) is 4.98 Å². The van der Waals surface area contributed by atoms with Crippen LogP contribution in [0.25, 0.3) is 5.57 Å². The lowest BCUT2D eigenvalue weighted by atomic mass is 9.84. The van der Waals surface area contributed by atoms with E-state index in [9.17, 15) is 12.8 Å². The molecule has 3 aromatic rings. The molecule has 1 N–H and O–H groups in total. The summed E-state index contributed by atoms with van der Waals surface area (Å²) < 4.78 is 53.1. The van der Waals surface area contributed by atoms with Gasteiger partial charge in [-0.25, -0.2) is 17.8 Å². The molecule has 1 atom stereocenters. The van der Waals surface area contributed by atoms with Gasteiger partial charge in [-0.05, 0) is 48.6 Å². The Labute approximate surface area is 201 Å². The van der Waals surface area contributed by atoms with Gasteiger partial charge < -0.3 is 9.47 Å². The fourth-order valence-corrected chi connectivity index (χ4v) is 5.65. The van der Waals surface area contributed by atoms with Gasteiger partial charge in [-0.3, -0.25) is 4.72 Å². The zero-order valence-corrected chi connectivity index (χ0v) is 20.1. The quantitative estimate of drug-likeness (QED) is 0.403. The summed E-state index contributed by atoms with van der Waals surface area (Å²) in [6.45, 7) is 0.292. The van der Waals surface area contributed by atoms with Crippen LogP contribution in [-0.4, -0.2) is 27.1 Å². The molecule has 2 aromatic carbocycles. The maximum absolute atomic E-state index is 14.7. The number of benzene rings is 2. The van der Waals surface area contributed by atoms with E-state index >= 15 is 0 Å². The van der Waals surface area contributed by atoms with Crippen molar-refractivity contribution in [2.75, 3.05) is 18.4 Å². The second-order valence-electron chi connectivity index (χ2n) is 7.52. The number of methoxy groups -OCH3 is 1. The summed E-state index contributed by atoms with van der Waals surface area (Å²) in [5, 5.41) is 1.52. The monoisotopic (exact) mass is 508 g/mol. The van der Waals surface area contributed by atoms with Crippen LogP contribution in [0.2, 0.25) is 5.02 Å². The number of sulfonamides is 1. The molecule has 4 rings (SSSR count). The van der Waals surface area contributed by atoms with E-state index in [1.54, 1.807) is 7.11 Å². The van der Waals surface area contributed by atoms with Crippen molar-refractivity contribution >= 4 is 44.4 Å². The van der Waals surface area contributed by atoms with Crippen LogP contribution < -0.4 is 14.2 Å². The van der Waals surface area contributed by atoms with Crippen LogP contribution in [0.15, 0.2) is 58.3 Å². The zero-order chi connectivity index (χ0) is 23.4. The molecule has 0 bridgehead atoms. The van der Waals surface area contributed by atoms with Crippen molar-refractivity contribution in [3.05, 3.63) is 69.8 Å². The summed E-state index contributed by atoms with van der Waals surface area (Å²) in [6.07, 6.45) is 5.12. The Bertz CT molecular complexity index is 1250. The smallest absolute Gasteiger partial charge is 0.266 e. The highest BCUT2D eigenvalue weighted by molar-refractivity contribution is 7.92. The minimum Gasteiger partial charge on any atom is -0.497 e. The maximum Gasteiger partial charge on any atom is 0.266 e. The van der Waals surface area contributed by atoms with Gasteiger partial charge in [-0.1, -0.05) is 29.8 Å². The SMILES string of the molecule is COc1ccc(C2=CCCCC2COc2cc(F)c(S(=O)(=O)Nc3cscn3)cc2Cl)cc1. The number of allylic oxidation sites excluding steroid dienone is 1. The summed E-state index contributed by atoms with van der Waals surface area (Å²) in [5.41, 5.74) is 3.71. The molecule has 0 saturated carbocycles. The molecule has 0 fully saturated rings. The summed E-state index contributed by atoms with van der Waals surface area (Å²) in [4.78, 5) is 3.29. The average molecular weight is 509 g/mol. The molecule has 6 nitrogen and oxygen atoms in total. The number of rotatable bonds is 8. The first kappa shape index (κ1) is 23.5. The maximum atomic E-state index is 14.7. The van der Waals surface area contributed by atoms with E-state index in [1.165, 1.54) is 22.2 Å². The van der Waals surface area contributed by atoms with E-state index < -0.39 is 20.7 Å². The second-order valence-corrected chi connectivity index (χ2v) is 10.3. The molecule has 0 radical (unpaired) electrons. The molecule has 33 heavy (non-hydrogen) atoms. The Morgan fingerprint density at radius 1 is 1.27 bits per heavy atom. The predicted octanol–water partition coefficient (Wildman–Crippen LogP) is 6.01. The lowest BCUT2D eigenvalue weighted by Gasteiger charge is -2.25. The van der Waals surface area contributed by atoms with E-state index in [4.69, 9.17) is 21.1 Å². The van der Waals surface area contributed by atoms with E-state index in [0.717, 1.165) is 48.3 Å². The van der Waals surface area contributed by atoms with Crippen LogP contribution in [0, 0.1) is 11.7 Å². The van der Waals surface area contributed by atoms with Gasteiger partial charge in [0.05, 0.1) is 24.2 Å². The molecule has 0 amide bonds. The minimum atomic E-state index is -4.18. The molecule has 174 valence electrons. The first-order valence-corrected chi connectivity index (χ1v) is 13.0. The summed E-state index contributed by atoms with van der Waals surface area (Å²) in [5.74, 6) is 0.143. The van der Waals surface area contributed by atoms with Crippen LogP contribution in [0.1, 0.15) is 24.8 Å². The van der Waals surface area contributed by atoms with Crippen molar-refractivity contribution in [1.29, 1.82) is 0 Å². The fraction of sp³-hybridized carbons (Fsp3) is 0.261. The Kier molecular flexibility index (Phi) is 7.21. The molecular formula is C23H22ClFN2O4S2. The molecule has 0 saturated heterocycles. The molecule has 1 aliphatic carbocycles. The van der Waals surface area contributed by atoms with Crippen LogP contribution in [0.5, 0.6) is 11.5 Å². The van der Waals surface area contributed by atoms with Gasteiger partial charge in [0.25, 0.3) is 10.0 Å². The third-order valence-electron chi connectivity index (χ3n) is 5.37. The molecule has 1 heterocycles. The van der Waals surface area contributed by atoms with E-state index in [1.807, 2.05) is 24.3 Å². The fourth-order valence-electron chi connectivity index (χ4n) is 3.73. The highest BCUT2D eigenvalue weighted by Gasteiger charge is 2.24. The predicted molar refractivity (Wildman–Crippen MR) is 128 cm³/mol. The molecule has 0 aliphatic heterocycles. The van der Waals surface area contributed by atoms with Gasteiger partial charge in [0.2, 0.25) is 0 Å². The third kappa shape index (κ3) is 5.48. The lowest BCUT2D eigenvalue weighted by molar-refractivity contribution is 0.267. The number of hydrogen-bond donors (Lipinski definition) is 1. The highest BCUT2D eigenvalue weighted by Crippen LogP contribution is 2.36. The van der Waals surface area contributed by atoms with Crippen molar-refractivity contribution in [2.45, 2.75) is 24.2 Å². The summed E-state index contributed by atoms with van der Waals surface area (Å²) >= 11 is 7.48. The van der Waals surface area contributed by atoms with E-state index in [2.05, 4.69) is 15.8 Å². The molecule has 10 heteroatoms. The van der Waals surface area contributed by atoms with Crippen LogP contribution in [0.4, 0.5) is 10.2 Å². The summed E-state index contributed by atoms with van der Waals surface area (Å²) in [7, 11) is -2.55. The van der Waals surface area contributed by atoms with E-state index in [-0.39, 0.29) is 22.5 Å². The van der Waals surface area contributed by atoms with Crippen LogP contribution in [-0.2, 0) is 10.0 Å². The second kappa shape index (κ2) is 10.1. The van der Waals surface area contributed by atoms with Gasteiger partial charge in [-0.15, -0.1) is 11.3 Å². The van der Waals surface area contributed by atoms with Crippen molar-refractivity contribution < 1.29 is 22.3 Å². The van der Waals surface area contributed by atoms with Crippen molar-refractivity contribution in [3.63, 3.8) is 0 Å². The van der Waals surface area contributed by atoms with Crippen molar-refractivity contribution in [3.8, 4) is 11.5 Å². The van der Waals surface area contributed by atoms with Gasteiger partial charge in [0, 0.05) is 17.4 Å². The van der Waals surface area contributed by atoms with Crippen LogP contribution in [0.3, 0.4) is 0 Å². The van der Waals surface area contributed by atoms with Gasteiger partial charge >= 0.3 is 0 Å². The first-order valence-electron chi connectivity index (χ1n) is 10.2. The first-order chi connectivity index (χ1) is 15.9. The number of nitrogens with one attached hydrogen (secondary N) is 1. The Balaban J connectivity index is 1.50. The molecular weight excluding hydrogens is 487 g/mol. The highest BCUT2D eigenvalue weighted by atomic mass is 35.5. The Morgan fingerprint density at radius 2 is 2.06 bits per heavy atom. The third-order valence-corrected chi connectivity index (χ3v) is 7.62. The summed E-state index contributed by atoms with van der Waals surface area (Å²) in [6, 6.07) is 9.90. The number of aromatic nitrogens is 1. The minimum absolute atomic E-state index is 0.0147. The molecule has 1 unspecified atom stereocenters. The number of nitrogens with zero attached hydrogens (tertiary/aromatic N) is 1. The number of thiazole rings is 1. The number of ether oxygens (including phenoxy) is 2. The number of hydrogen-bond acceptors (Lipinski definition) is 6. The molecule has 1 aromatic heterocycles. The average Bonchev–Trinajstić information content (AvgIpc) is 3.32. The van der Waals surface area contributed by atoms with Crippen LogP contribution >= 0.6 is 22.9 Å². The topological polar surface area (TPSA) is 77.5 Å². The Morgan fingerprint density at radius 3 is 2.76 bits per heavy atom. The number of anilines is 1. The normalized spacial score (nSPS) is 16.2. The van der Waals surface area contributed by atoms with Gasteiger partial charge in [-0.2, -0.15) is 0 Å².